The Morgan fingerprint density at radius 1 is 0.808 bits per heavy atom. The van der Waals surface area contributed by atoms with Gasteiger partial charge in [-0.3, -0.25) is 9.59 Å². The highest BCUT2D eigenvalue weighted by Crippen LogP contribution is 2.15. The quantitative estimate of drug-likeness (QED) is 0.417. The summed E-state index contributed by atoms with van der Waals surface area (Å²) in [7, 11) is 0. The molecule has 0 fully saturated rings. The molecule has 0 saturated heterocycles. The molecule has 0 aliphatic rings. The maximum absolute atomic E-state index is 12.7. The third-order valence-corrected chi connectivity index (χ3v) is 3.95. The Morgan fingerprint density at radius 3 is 2.12 bits per heavy atom. The van der Waals surface area contributed by atoms with E-state index in [9.17, 15) is 9.59 Å². The van der Waals surface area contributed by atoms with Crippen LogP contribution in [0.4, 0.5) is 0 Å². The molecule has 1 amide bonds. The van der Waals surface area contributed by atoms with Gasteiger partial charge in [0.1, 0.15) is 0 Å². The zero-order valence-electron chi connectivity index (χ0n) is 13.7. The third kappa shape index (κ3) is 4.23. The van der Waals surface area contributed by atoms with E-state index >= 15 is 0 Å². The number of benzene rings is 3. The van der Waals surface area contributed by atoms with Crippen molar-refractivity contribution in [1.82, 2.24) is 5.43 Å². The topological polar surface area (TPSA) is 58.5 Å². The van der Waals surface area contributed by atoms with Crippen LogP contribution < -0.4 is 5.43 Å². The summed E-state index contributed by atoms with van der Waals surface area (Å²) in [6.07, 6.45) is 1.51. The van der Waals surface area contributed by atoms with Crippen molar-refractivity contribution in [3.05, 3.63) is 106 Å². The van der Waals surface area contributed by atoms with Crippen molar-refractivity contribution < 1.29 is 9.59 Å². The number of hydrogen-bond acceptors (Lipinski definition) is 3. The highest BCUT2D eigenvalue weighted by Gasteiger charge is 2.17. The van der Waals surface area contributed by atoms with Crippen LogP contribution in [0.1, 0.15) is 31.8 Å². The molecule has 0 aromatic heterocycles. The monoisotopic (exact) mass is 362 g/mol. The SMILES string of the molecule is O=C(N/N=C/c1ccc(Cl)cc1)c1ccccc1C(=O)c1ccccc1. The van der Waals surface area contributed by atoms with Gasteiger partial charge in [0, 0.05) is 16.1 Å². The van der Waals surface area contributed by atoms with E-state index in [0.29, 0.717) is 16.1 Å². The van der Waals surface area contributed by atoms with Crippen LogP contribution in [0, 0.1) is 0 Å². The van der Waals surface area contributed by atoms with Gasteiger partial charge in [0.05, 0.1) is 11.8 Å². The summed E-state index contributed by atoms with van der Waals surface area (Å²) in [6, 6.07) is 22.5. The molecule has 0 radical (unpaired) electrons. The Kier molecular flexibility index (Phi) is 5.56. The molecule has 3 aromatic rings. The number of carbonyl (C=O) groups is 2. The normalized spacial score (nSPS) is 10.7. The smallest absolute Gasteiger partial charge is 0.272 e. The molecule has 0 aliphatic carbocycles. The van der Waals surface area contributed by atoms with Crippen LogP contribution in [0.5, 0.6) is 0 Å². The molecule has 3 rings (SSSR count). The summed E-state index contributed by atoms with van der Waals surface area (Å²) >= 11 is 5.83. The fraction of sp³-hybridized carbons (Fsp3) is 0. The van der Waals surface area contributed by atoms with Gasteiger partial charge in [-0.2, -0.15) is 5.10 Å². The Hall–Kier alpha value is -3.24. The average molecular weight is 363 g/mol. The first-order chi connectivity index (χ1) is 12.6. The van der Waals surface area contributed by atoms with Gasteiger partial charge in [0.25, 0.3) is 5.91 Å². The maximum atomic E-state index is 12.7. The molecule has 0 atom stereocenters. The number of halogens is 1. The van der Waals surface area contributed by atoms with E-state index in [1.807, 2.05) is 6.07 Å². The average Bonchev–Trinajstić information content (AvgIpc) is 2.69. The van der Waals surface area contributed by atoms with Gasteiger partial charge in [-0.15, -0.1) is 0 Å². The van der Waals surface area contributed by atoms with Crippen LogP contribution in [0.2, 0.25) is 5.02 Å². The van der Waals surface area contributed by atoms with Gasteiger partial charge in [-0.05, 0) is 23.8 Å². The van der Waals surface area contributed by atoms with Crippen molar-refractivity contribution in [1.29, 1.82) is 0 Å². The number of amides is 1. The molecule has 0 bridgehead atoms. The predicted molar refractivity (Wildman–Crippen MR) is 103 cm³/mol. The van der Waals surface area contributed by atoms with Gasteiger partial charge in [-0.1, -0.05) is 72.3 Å². The molecule has 1 N–H and O–H groups in total. The standard InChI is InChI=1S/C21H15ClN2O2/c22-17-12-10-15(11-13-17)14-23-24-21(26)19-9-5-4-8-18(19)20(25)16-6-2-1-3-7-16/h1-14H,(H,24,26)/b23-14+. The number of carbonyl (C=O) groups excluding carboxylic acids is 2. The van der Waals surface area contributed by atoms with Crippen LogP contribution in [-0.4, -0.2) is 17.9 Å². The van der Waals surface area contributed by atoms with Crippen LogP contribution >= 0.6 is 11.6 Å². The van der Waals surface area contributed by atoms with E-state index in [1.54, 1.807) is 72.8 Å². The number of ketones is 1. The van der Waals surface area contributed by atoms with Gasteiger partial charge < -0.3 is 0 Å². The van der Waals surface area contributed by atoms with Crippen molar-refractivity contribution in [2.75, 3.05) is 0 Å². The van der Waals surface area contributed by atoms with Gasteiger partial charge in [-0.25, -0.2) is 5.43 Å². The molecule has 3 aromatic carbocycles. The fourth-order valence-corrected chi connectivity index (χ4v) is 2.52. The lowest BCUT2D eigenvalue weighted by Crippen LogP contribution is -2.21. The van der Waals surface area contributed by atoms with Crippen molar-refractivity contribution >= 4 is 29.5 Å². The summed E-state index contributed by atoms with van der Waals surface area (Å²) in [4.78, 5) is 25.1. The lowest BCUT2D eigenvalue weighted by molar-refractivity contribution is 0.0943. The van der Waals surface area contributed by atoms with E-state index in [-0.39, 0.29) is 11.3 Å². The number of nitrogens with zero attached hydrogens (tertiary/aromatic N) is 1. The zero-order chi connectivity index (χ0) is 18.4. The van der Waals surface area contributed by atoms with Gasteiger partial charge in [0.15, 0.2) is 5.78 Å². The summed E-state index contributed by atoms with van der Waals surface area (Å²) < 4.78 is 0. The molecule has 0 unspecified atom stereocenters. The lowest BCUT2D eigenvalue weighted by Gasteiger charge is -2.07. The van der Waals surface area contributed by atoms with Crippen molar-refractivity contribution in [3.63, 3.8) is 0 Å². The highest BCUT2D eigenvalue weighted by atomic mass is 35.5. The van der Waals surface area contributed by atoms with Crippen LogP contribution in [-0.2, 0) is 0 Å². The molecule has 0 spiro atoms. The lowest BCUT2D eigenvalue weighted by atomic mass is 9.98. The molecular formula is C21H15ClN2O2. The van der Waals surface area contributed by atoms with Crippen molar-refractivity contribution in [2.45, 2.75) is 0 Å². The number of rotatable bonds is 5. The Labute approximate surface area is 156 Å². The summed E-state index contributed by atoms with van der Waals surface area (Å²) in [5, 5.41) is 4.57. The number of hydrogen-bond donors (Lipinski definition) is 1. The second kappa shape index (κ2) is 8.23. The van der Waals surface area contributed by atoms with E-state index in [4.69, 9.17) is 11.6 Å². The summed E-state index contributed by atoms with van der Waals surface area (Å²) in [5.41, 5.74) is 4.38. The van der Waals surface area contributed by atoms with Gasteiger partial charge >= 0.3 is 0 Å². The Morgan fingerprint density at radius 2 is 1.42 bits per heavy atom. The molecule has 0 heterocycles. The van der Waals surface area contributed by atoms with Crippen molar-refractivity contribution in [3.8, 4) is 0 Å². The van der Waals surface area contributed by atoms with E-state index in [1.165, 1.54) is 6.21 Å². The first kappa shape index (κ1) is 17.6. The first-order valence-corrected chi connectivity index (χ1v) is 8.31. The second-order valence-electron chi connectivity index (χ2n) is 5.49. The highest BCUT2D eigenvalue weighted by molar-refractivity contribution is 6.30. The number of hydrazone groups is 1. The molecule has 4 nitrogen and oxygen atoms in total. The molecule has 0 saturated carbocycles. The minimum Gasteiger partial charge on any atom is -0.289 e. The van der Waals surface area contributed by atoms with Crippen LogP contribution in [0.15, 0.2) is 84.0 Å². The van der Waals surface area contributed by atoms with E-state index in [2.05, 4.69) is 10.5 Å². The Balaban J connectivity index is 1.78. The van der Waals surface area contributed by atoms with Crippen LogP contribution in [0.3, 0.4) is 0 Å². The molecule has 128 valence electrons. The second-order valence-corrected chi connectivity index (χ2v) is 5.93. The predicted octanol–water partition coefficient (Wildman–Crippen LogP) is 4.33. The zero-order valence-corrected chi connectivity index (χ0v) is 14.5. The molecule has 0 aliphatic heterocycles. The summed E-state index contributed by atoms with van der Waals surface area (Å²) in [5.74, 6) is -0.659. The van der Waals surface area contributed by atoms with Gasteiger partial charge in [0.2, 0.25) is 0 Å². The molecule has 5 heteroatoms. The van der Waals surface area contributed by atoms with E-state index < -0.39 is 5.91 Å². The first-order valence-electron chi connectivity index (χ1n) is 7.93. The third-order valence-electron chi connectivity index (χ3n) is 3.70. The van der Waals surface area contributed by atoms with Crippen molar-refractivity contribution in [2.24, 2.45) is 5.10 Å². The minimum absolute atomic E-state index is 0.210. The minimum atomic E-state index is -0.449. The number of nitrogens with one attached hydrogen (secondary N) is 1. The summed E-state index contributed by atoms with van der Waals surface area (Å²) in [6.45, 7) is 0. The maximum Gasteiger partial charge on any atom is 0.272 e. The molecule has 26 heavy (non-hydrogen) atoms. The Bertz CT molecular complexity index is 951. The largest absolute Gasteiger partial charge is 0.289 e. The van der Waals surface area contributed by atoms with E-state index in [0.717, 1.165) is 5.56 Å². The molecular weight excluding hydrogens is 348 g/mol. The fourth-order valence-electron chi connectivity index (χ4n) is 2.40. The van der Waals surface area contributed by atoms with Crippen LogP contribution in [0.25, 0.3) is 0 Å².